The average Bonchev–Trinajstić information content (AvgIpc) is 2.59. The molecule has 0 bridgehead atoms. The maximum absolute atomic E-state index is 5.26. The van der Waals surface area contributed by atoms with Crippen molar-refractivity contribution in [2.45, 2.75) is 25.6 Å². The van der Waals surface area contributed by atoms with Crippen molar-refractivity contribution in [3.05, 3.63) is 34.7 Å². The van der Waals surface area contributed by atoms with Gasteiger partial charge in [0.1, 0.15) is 5.75 Å². The van der Waals surface area contributed by atoms with Gasteiger partial charge in [0.2, 0.25) is 0 Å². The van der Waals surface area contributed by atoms with Crippen LogP contribution in [-0.2, 0) is 0 Å². The second-order valence-electron chi connectivity index (χ2n) is 4.47. The Morgan fingerprint density at radius 1 is 1.31 bits per heavy atom. The molecule has 0 fully saturated rings. The molecule has 0 aromatic heterocycles. The molecule has 0 amide bonds. The Balaban J connectivity index is 2.26. The van der Waals surface area contributed by atoms with Gasteiger partial charge < -0.3 is 10.1 Å². The van der Waals surface area contributed by atoms with Crippen LogP contribution in [0.3, 0.4) is 0 Å². The molecular weight excluding hydrogens is 218 g/mol. The quantitative estimate of drug-likeness (QED) is 0.849. The first-order chi connectivity index (χ1) is 7.52. The molecule has 1 N–H and O–H groups in total. The first kappa shape index (κ1) is 11.4. The third-order valence-corrected chi connectivity index (χ3v) is 3.66. The summed E-state index contributed by atoms with van der Waals surface area (Å²) in [5.74, 6) is 0.939. The van der Waals surface area contributed by atoms with Crippen molar-refractivity contribution in [3.63, 3.8) is 0 Å². The molecule has 0 saturated carbocycles. The van der Waals surface area contributed by atoms with Gasteiger partial charge >= 0.3 is 0 Å². The number of hydrogen-bond donors (Lipinski definition) is 1. The zero-order valence-electron chi connectivity index (χ0n) is 10.1. The van der Waals surface area contributed by atoms with Gasteiger partial charge in [0, 0.05) is 5.70 Å². The fourth-order valence-corrected chi connectivity index (χ4v) is 2.55. The summed E-state index contributed by atoms with van der Waals surface area (Å²) in [4.78, 5) is 0.100. The lowest BCUT2D eigenvalue weighted by Crippen LogP contribution is -2.29. The predicted molar refractivity (Wildman–Crippen MR) is 70.5 cm³/mol. The molecule has 86 valence electrons. The molecule has 3 heteroatoms. The van der Waals surface area contributed by atoms with Gasteiger partial charge in [0.25, 0.3) is 0 Å². The number of benzene rings is 1. The van der Waals surface area contributed by atoms with Gasteiger partial charge in [-0.3, -0.25) is 0 Å². The van der Waals surface area contributed by atoms with Crippen LogP contribution in [-0.4, -0.2) is 12.0 Å². The Morgan fingerprint density at radius 3 is 2.56 bits per heavy atom. The van der Waals surface area contributed by atoms with E-state index in [0.717, 1.165) is 11.3 Å². The number of ether oxygens (including phenoxy) is 1. The predicted octanol–water partition coefficient (Wildman–Crippen LogP) is 3.37. The normalized spacial score (nSPS) is 17.9. The van der Waals surface area contributed by atoms with E-state index in [2.05, 4.69) is 43.6 Å². The Kier molecular flexibility index (Phi) is 2.89. The fourth-order valence-electron chi connectivity index (χ4n) is 1.78. The third kappa shape index (κ3) is 2.19. The molecule has 2 rings (SSSR count). The average molecular weight is 235 g/mol. The molecule has 0 atom stereocenters. The minimum atomic E-state index is 0.100. The summed E-state index contributed by atoms with van der Waals surface area (Å²) in [6.07, 6.45) is 0. The number of methoxy groups -OCH3 is 1. The SMILES string of the molecule is COc1ccc(C2=CSC(C)(C)N2)cc1C. The summed E-state index contributed by atoms with van der Waals surface area (Å²) >= 11 is 1.81. The van der Waals surface area contributed by atoms with Crippen LogP contribution in [0.15, 0.2) is 23.6 Å². The minimum Gasteiger partial charge on any atom is -0.496 e. The van der Waals surface area contributed by atoms with Crippen molar-refractivity contribution in [2.75, 3.05) is 7.11 Å². The van der Waals surface area contributed by atoms with Crippen LogP contribution in [0.4, 0.5) is 0 Å². The highest BCUT2D eigenvalue weighted by atomic mass is 32.2. The molecule has 2 nitrogen and oxygen atoms in total. The Morgan fingerprint density at radius 2 is 2.06 bits per heavy atom. The second-order valence-corrected chi connectivity index (χ2v) is 5.96. The van der Waals surface area contributed by atoms with Gasteiger partial charge in [0.15, 0.2) is 0 Å². The molecule has 0 unspecified atom stereocenters. The summed E-state index contributed by atoms with van der Waals surface area (Å²) in [5, 5.41) is 5.68. The zero-order chi connectivity index (χ0) is 11.8. The van der Waals surface area contributed by atoms with Crippen LogP contribution in [0.1, 0.15) is 25.0 Å². The largest absolute Gasteiger partial charge is 0.496 e. The molecule has 0 spiro atoms. The topological polar surface area (TPSA) is 21.3 Å². The molecule has 0 radical (unpaired) electrons. The van der Waals surface area contributed by atoms with Gasteiger partial charge in [-0.15, -0.1) is 11.8 Å². The van der Waals surface area contributed by atoms with Gasteiger partial charge in [-0.05, 0) is 55.5 Å². The highest BCUT2D eigenvalue weighted by Crippen LogP contribution is 2.35. The summed E-state index contributed by atoms with van der Waals surface area (Å²) in [7, 11) is 1.70. The van der Waals surface area contributed by atoms with Crippen LogP contribution in [0.5, 0.6) is 5.75 Å². The van der Waals surface area contributed by atoms with Crippen LogP contribution >= 0.6 is 11.8 Å². The maximum Gasteiger partial charge on any atom is 0.121 e. The van der Waals surface area contributed by atoms with E-state index in [1.54, 1.807) is 7.11 Å². The van der Waals surface area contributed by atoms with Crippen molar-refractivity contribution in [2.24, 2.45) is 0 Å². The number of nitrogens with one attached hydrogen (secondary N) is 1. The molecule has 1 aliphatic rings. The number of hydrogen-bond acceptors (Lipinski definition) is 3. The standard InChI is InChI=1S/C13H17NOS/c1-9-7-10(5-6-12(9)15-4)11-8-16-13(2,3)14-11/h5-8,14H,1-4H3. The van der Waals surface area contributed by atoms with E-state index >= 15 is 0 Å². The molecule has 0 aliphatic carbocycles. The van der Waals surface area contributed by atoms with Gasteiger partial charge in [0.05, 0.1) is 12.0 Å². The Labute approximate surface area is 101 Å². The van der Waals surface area contributed by atoms with E-state index in [-0.39, 0.29) is 4.87 Å². The Bertz CT molecular complexity index is 438. The number of thioether (sulfide) groups is 1. The van der Waals surface area contributed by atoms with Crippen LogP contribution in [0, 0.1) is 6.92 Å². The fraction of sp³-hybridized carbons (Fsp3) is 0.385. The van der Waals surface area contributed by atoms with Gasteiger partial charge in [-0.25, -0.2) is 0 Å². The van der Waals surface area contributed by atoms with E-state index in [0.29, 0.717) is 0 Å². The zero-order valence-corrected chi connectivity index (χ0v) is 10.9. The van der Waals surface area contributed by atoms with Crippen LogP contribution < -0.4 is 10.1 Å². The highest BCUT2D eigenvalue weighted by molar-refractivity contribution is 8.03. The van der Waals surface area contributed by atoms with E-state index in [9.17, 15) is 0 Å². The summed E-state index contributed by atoms with van der Waals surface area (Å²) in [6, 6.07) is 6.26. The lowest BCUT2D eigenvalue weighted by Gasteiger charge is -2.19. The first-order valence-corrected chi connectivity index (χ1v) is 6.21. The minimum absolute atomic E-state index is 0.100. The molecule has 1 aromatic rings. The second kappa shape index (κ2) is 4.06. The monoisotopic (exact) mass is 235 g/mol. The first-order valence-electron chi connectivity index (χ1n) is 5.33. The van der Waals surface area contributed by atoms with E-state index in [4.69, 9.17) is 4.74 Å². The smallest absolute Gasteiger partial charge is 0.121 e. The number of rotatable bonds is 2. The molecule has 16 heavy (non-hydrogen) atoms. The molecule has 1 aromatic carbocycles. The lowest BCUT2D eigenvalue weighted by molar-refractivity contribution is 0.411. The Hall–Kier alpha value is -1.09. The van der Waals surface area contributed by atoms with E-state index < -0.39 is 0 Å². The summed E-state index contributed by atoms with van der Waals surface area (Å²) in [5.41, 5.74) is 3.58. The highest BCUT2D eigenvalue weighted by Gasteiger charge is 2.24. The third-order valence-electron chi connectivity index (χ3n) is 2.61. The van der Waals surface area contributed by atoms with E-state index in [1.165, 1.54) is 11.3 Å². The van der Waals surface area contributed by atoms with Crippen LogP contribution in [0.25, 0.3) is 5.70 Å². The summed E-state index contributed by atoms with van der Waals surface area (Å²) < 4.78 is 5.26. The van der Waals surface area contributed by atoms with Crippen LogP contribution in [0.2, 0.25) is 0 Å². The van der Waals surface area contributed by atoms with Gasteiger partial charge in [-0.1, -0.05) is 0 Å². The van der Waals surface area contributed by atoms with Crippen molar-refractivity contribution < 1.29 is 4.74 Å². The van der Waals surface area contributed by atoms with Gasteiger partial charge in [-0.2, -0.15) is 0 Å². The maximum atomic E-state index is 5.26. The molecular formula is C13H17NOS. The van der Waals surface area contributed by atoms with E-state index in [1.807, 2.05) is 17.8 Å². The van der Waals surface area contributed by atoms with Crippen molar-refractivity contribution in [3.8, 4) is 5.75 Å². The molecule has 0 saturated heterocycles. The lowest BCUT2D eigenvalue weighted by atomic mass is 10.1. The summed E-state index contributed by atoms with van der Waals surface area (Å²) in [6.45, 7) is 6.42. The van der Waals surface area contributed by atoms with Crippen molar-refractivity contribution >= 4 is 17.5 Å². The van der Waals surface area contributed by atoms with Crippen molar-refractivity contribution in [1.29, 1.82) is 0 Å². The van der Waals surface area contributed by atoms with Crippen molar-refractivity contribution in [1.82, 2.24) is 5.32 Å². The number of aryl methyl sites for hydroxylation is 1. The molecule has 1 aliphatic heterocycles. The molecule has 1 heterocycles.